The summed E-state index contributed by atoms with van der Waals surface area (Å²) < 4.78 is 0. The molecular formula is C13H25NO2S. The maximum atomic E-state index is 11.8. The number of rotatable bonds is 6. The lowest BCUT2D eigenvalue weighted by molar-refractivity contribution is -0.123. The van der Waals surface area contributed by atoms with Crippen molar-refractivity contribution in [3.63, 3.8) is 0 Å². The van der Waals surface area contributed by atoms with Gasteiger partial charge in [0.05, 0.1) is 5.60 Å². The Kier molecular flexibility index (Phi) is 5.80. The normalized spacial score (nSPS) is 26.2. The highest BCUT2D eigenvalue weighted by Crippen LogP contribution is 2.27. The van der Waals surface area contributed by atoms with E-state index < -0.39 is 5.60 Å². The molecule has 100 valence electrons. The smallest absolute Gasteiger partial charge is 0.220 e. The fourth-order valence-corrected chi connectivity index (χ4v) is 3.46. The highest BCUT2D eigenvalue weighted by atomic mass is 32.2. The van der Waals surface area contributed by atoms with Crippen LogP contribution in [0.25, 0.3) is 0 Å². The molecule has 0 aromatic heterocycles. The number of carbonyl (C=O) groups excluding carboxylic acids is 1. The van der Waals surface area contributed by atoms with Gasteiger partial charge in [0, 0.05) is 18.7 Å². The van der Waals surface area contributed by atoms with Crippen molar-refractivity contribution in [3.05, 3.63) is 0 Å². The molecule has 0 radical (unpaired) electrons. The molecule has 1 heterocycles. The molecule has 2 atom stereocenters. The lowest BCUT2D eigenvalue weighted by atomic mass is 9.90. The van der Waals surface area contributed by atoms with E-state index in [0.717, 1.165) is 24.3 Å². The topological polar surface area (TPSA) is 49.3 Å². The molecule has 0 saturated carbocycles. The number of carbonyl (C=O) groups is 1. The van der Waals surface area contributed by atoms with Crippen molar-refractivity contribution in [2.75, 3.05) is 18.1 Å². The van der Waals surface area contributed by atoms with Gasteiger partial charge in [0.25, 0.3) is 0 Å². The quantitative estimate of drug-likeness (QED) is 0.767. The van der Waals surface area contributed by atoms with Crippen LogP contribution < -0.4 is 5.32 Å². The second-order valence-corrected chi connectivity index (χ2v) is 6.53. The summed E-state index contributed by atoms with van der Waals surface area (Å²) in [6.45, 7) is 6.84. The zero-order valence-electron chi connectivity index (χ0n) is 11.2. The van der Waals surface area contributed by atoms with E-state index in [2.05, 4.69) is 26.1 Å². The van der Waals surface area contributed by atoms with E-state index in [-0.39, 0.29) is 5.91 Å². The van der Waals surface area contributed by atoms with E-state index in [4.69, 9.17) is 0 Å². The Morgan fingerprint density at radius 3 is 2.71 bits per heavy atom. The first-order chi connectivity index (χ1) is 7.97. The molecule has 1 rings (SSSR count). The maximum Gasteiger partial charge on any atom is 0.220 e. The fourth-order valence-electron chi connectivity index (χ4n) is 2.16. The van der Waals surface area contributed by atoms with Gasteiger partial charge < -0.3 is 10.4 Å². The number of thioether (sulfide) groups is 1. The molecule has 0 bridgehead atoms. The van der Waals surface area contributed by atoms with Crippen molar-refractivity contribution in [3.8, 4) is 0 Å². The van der Waals surface area contributed by atoms with Crippen LogP contribution in [0.5, 0.6) is 0 Å². The summed E-state index contributed by atoms with van der Waals surface area (Å²) in [5.74, 6) is 2.80. The average Bonchev–Trinajstić information content (AvgIpc) is 2.70. The van der Waals surface area contributed by atoms with Gasteiger partial charge in [-0.3, -0.25) is 4.79 Å². The Morgan fingerprint density at radius 1 is 1.53 bits per heavy atom. The van der Waals surface area contributed by atoms with Gasteiger partial charge >= 0.3 is 0 Å². The van der Waals surface area contributed by atoms with E-state index in [1.165, 1.54) is 0 Å². The van der Waals surface area contributed by atoms with Gasteiger partial charge in [-0.2, -0.15) is 11.8 Å². The number of amides is 1. The van der Waals surface area contributed by atoms with Crippen molar-refractivity contribution in [2.45, 2.75) is 45.6 Å². The molecule has 0 aromatic rings. The van der Waals surface area contributed by atoms with E-state index in [1.54, 1.807) is 11.8 Å². The fraction of sp³-hybridized carbons (Fsp3) is 0.923. The summed E-state index contributed by atoms with van der Waals surface area (Å²) in [7, 11) is 0. The van der Waals surface area contributed by atoms with Gasteiger partial charge in [-0.1, -0.05) is 27.2 Å². The van der Waals surface area contributed by atoms with Crippen LogP contribution >= 0.6 is 11.8 Å². The van der Waals surface area contributed by atoms with Gasteiger partial charge in [0.2, 0.25) is 5.91 Å². The van der Waals surface area contributed by atoms with E-state index in [1.807, 2.05) is 0 Å². The van der Waals surface area contributed by atoms with Crippen LogP contribution in [0.4, 0.5) is 0 Å². The SMILES string of the molecule is CCC(CC(=O)NCC1(O)CCSC1)C(C)C. The van der Waals surface area contributed by atoms with Crippen LogP contribution in [0.15, 0.2) is 0 Å². The molecule has 4 heteroatoms. The monoisotopic (exact) mass is 259 g/mol. The Morgan fingerprint density at radius 2 is 2.24 bits per heavy atom. The second kappa shape index (κ2) is 6.64. The lowest BCUT2D eigenvalue weighted by Gasteiger charge is -2.23. The Hall–Kier alpha value is -0.220. The van der Waals surface area contributed by atoms with Gasteiger partial charge in [-0.25, -0.2) is 0 Å². The minimum atomic E-state index is -0.667. The molecule has 0 spiro atoms. The van der Waals surface area contributed by atoms with Crippen molar-refractivity contribution < 1.29 is 9.90 Å². The second-order valence-electron chi connectivity index (χ2n) is 5.42. The molecule has 1 aliphatic rings. The summed E-state index contributed by atoms with van der Waals surface area (Å²) >= 11 is 1.75. The molecular weight excluding hydrogens is 234 g/mol. The first-order valence-electron chi connectivity index (χ1n) is 6.53. The number of aliphatic hydroxyl groups is 1. The minimum absolute atomic E-state index is 0.0795. The zero-order chi connectivity index (χ0) is 12.9. The Balaban J connectivity index is 2.29. The lowest BCUT2D eigenvalue weighted by Crippen LogP contribution is -2.43. The largest absolute Gasteiger partial charge is 0.387 e. The molecule has 1 aliphatic heterocycles. The van der Waals surface area contributed by atoms with Gasteiger partial charge in [-0.15, -0.1) is 0 Å². The van der Waals surface area contributed by atoms with E-state index >= 15 is 0 Å². The van der Waals surface area contributed by atoms with Crippen LogP contribution in [0.3, 0.4) is 0 Å². The van der Waals surface area contributed by atoms with Gasteiger partial charge in [0.15, 0.2) is 0 Å². The van der Waals surface area contributed by atoms with E-state index in [0.29, 0.717) is 24.8 Å². The highest BCUT2D eigenvalue weighted by molar-refractivity contribution is 7.99. The Labute approximate surface area is 109 Å². The molecule has 17 heavy (non-hydrogen) atoms. The number of nitrogens with one attached hydrogen (secondary N) is 1. The van der Waals surface area contributed by atoms with Crippen molar-refractivity contribution in [2.24, 2.45) is 11.8 Å². The van der Waals surface area contributed by atoms with Crippen LogP contribution in [0.1, 0.15) is 40.0 Å². The minimum Gasteiger partial charge on any atom is -0.387 e. The first-order valence-corrected chi connectivity index (χ1v) is 7.69. The van der Waals surface area contributed by atoms with Crippen molar-refractivity contribution in [1.29, 1.82) is 0 Å². The molecule has 2 unspecified atom stereocenters. The Bertz CT molecular complexity index is 250. The zero-order valence-corrected chi connectivity index (χ0v) is 12.0. The third kappa shape index (κ3) is 4.88. The standard InChI is InChI=1S/C13H25NO2S/c1-4-11(10(2)3)7-12(15)14-8-13(16)5-6-17-9-13/h10-11,16H,4-9H2,1-3H3,(H,14,15). The maximum absolute atomic E-state index is 11.8. The number of hydrogen-bond acceptors (Lipinski definition) is 3. The third-order valence-electron chi connectivity index (χ3n) is 3.61. The van der Waals surface area contributed by atoms with E-state index in [9.17, 15) is 9.90 Å². The predicted molar refractivity (Wildman–Crippen MR) is 73.1 cm³/mol. The van der Waals surface area contributed by atoms with Gasteiger partial charge in [-0.05, 0) is 24.0 Å². The van der Waals surface area contributed by atoms with Crippen LogP contribution in [0, 0.1) is 11.8 Å². The molecule has 0 aromatic carbocycles. The molecule has 1 amide bonds. The van der Waals surface area contributed by atoms with Crippen LogP contribution in [-0.2, 0) is 4.79 Å². The summed E-state index contributed by atoms with van der Waals surface area (Å²) in [4.78, 5) is 11.8. The molecule has 3 nitrogen and oxygen atoms in total. The summed E-state index contributed by atoms with van der Waals surface area (Å²) in [6.07, 6.45) is 2.40. The predicted octanol–water partition coefficient (Wildman–Crippen LogP) is 2.04. The van der Waals surface area contributed by atoms with Crippen LogP contribution in [-0.4, -0.2) is 34.7 Å². The third-order valence-corrected chi connectivity index (χ3v) is 4.85. The van der Waals surface area contributed by atoms with Crippen LogP contribution in [0.2, 0.25) is 0 Å². The molecule has 2 N–H and O–H groups in total. The average molecular weight is 259 g/mol. The summed E-state index contributed by atoms with van der Waals surface area (Å²) in [6, 6.07) is 0. The molecule has 0 aliphatic carbocycles. The summed E-state index contributed by atoms with van der Waals surface area (Å²) in [5, 5.41) is 13.0. The van der Waals surface area contributed by atoms with Crippen molar-refractivity contribution >= 4 is 17.7 Å². The number of hydrogen-bond donors (Lipinski definition) is 2. The molecule has 1 saturated heterocycles. The first kappa shape index (κ1) is 14.8. The summed E-state index contributed by atoms with van der Waals surface area (Å²) in [5.41, 5.74) is -0.667. The van der Waals surface area contributed by atoms with Gasteiger partial charge in [0.1, 0.15) is 0 Å². The molecule has 1 fully saturated rings. The van der Waals surface area contributed by atoms with Crippen molar-refractivity contribution in [1.82, 2.24) is 5.32 Å². The highest BCUT2D eigenvalue weighted by Gasteiger charge is 2.32.